The van der Waals surface area contributed by atoms with Crippen LogP contribution in [-0.4, -0.2) is 18.7 Å². The van der Waals surface area contributed by atoms with Gasteiger partial charge in [-0.3, -0.25) is 0 Å². The summed E-state index contributed by atoms with van der Waals surface area (Å²) in [5.74, 6) is -0.195. The van der Waals surface area contributed by atoms with Gasteiger partial charge in [0.05, 0.1) is 10.1 Å². The molecule has 0 unspecified atom stereocenters. The van der Waals surface area contributed by atoms with Crippen molar-refractivity contribution in [1.82, 2.24) is 0 Å². The molecule has 0 heterocycles. The molecule has 0 rings (SSSR count). The Hall–Kier alpha value is 1.72. The zero-order valence-electron chi connectivity index (χ0n) is 8.58. The first-order valence-electron chi connectivity index (χ1n) is 4.50. The Morgan fingerprint density at radius 3 is 1.92 bits per heavy atom. The Balaban J connectivity index is 0. The molecule has 3 nitrogen and oxygen atoms in total. The predicted molar refractivity (Wildman–Crippen MR) is 47.9 cm³/mol. The summed E-state index contributed by atoms with van der Waals surface area (Å²) in [7, 11) is -3.97. The maximum atomic E-state index is 10.2. The molecule has 0 radical (unpaired) electrons. The Bertz CT molecular complexity index is 190. The van der Waals surface area contributed by atoms with Crippen LogP contribution in [0.3, 0.4) is 0 Å². The molecule has 5 heteroatoms. The topological polar surface area (TPSA) is 57.2 Å². The minimum absolute atomic E-state index is 0. The van der Waals surface area contributed by atoms with Crippen molar-refractivity contribution >= 4 is 10.1 Å². The van der Waals surface area contributed by atoms with E-state index in [1.807, 2.05) is 0 Å². The third kappa shape index (κ3) is 16.4. The van der Waals surface area contributed by atoms with Gasteiger partial charge >= 0.3 is 58.2 Å². The van der Waals surface area contributed by atoms with Gasteiger partial charge in [-0.15, -0.1) is 0 Å². The van der Waals surface area contributed by atoms with E-state index in [4.69, 9.17) is 0 Å². The molecule has 0 amide bonds. The second kappa shape index (κ2) is 10.2. The second-order valence-corrected chi connectivity index (χ2v) is 4.55. The molecule has 0 aliphatic heterocycles. The van der Waals surface area contributed by atoms with Crippen molar-refractivity contribution in [3.63, 3.8) is 0 Å². The van der Waals surface area contributed by atoms with E-state index in [2.05, 4.69) is 6.92 Å². The number of hydrogen-bond acceptors (Lipinski definition) is 3. The van der Waals surface area contributed by atoms with E-state index in [0.717, 1.165) is 19.3 Å². The average molecular weight is 279 g/mol. The van der Waals surface area contributed by atoms with Crippen molar-refractivity contribution < 1.29 is 71.2 Å². The summed E-state index contributed by atoms with van der Waals surface area (Å²) in [5.41, 5.74) is 0. The molecule has 0 bridgehead atoms. The zero-order valence-corrected chi connectivity index (χ0v) is 14.3. The van der Waals surface area contributed by atoms with Gasteiger partial charge in [0.15, 0.2) is 0 Å². The molecule has 0 aromatic rings. The van der Waals surface area contributed by atoms with Crippen molar-refractivity contribution in [3.05, 3.63) is 0 Å². The minimum atomic E-state index is -3.97. The fourth-order valence-electron chi connectivity index (χ4n) is 1.06. The fraction of sp³-hybridized carbons (Fsp3) is 1.00. The van der Waals surface area contributed by atoms with Crippen LogP contribution in [0, 0.1) is 0 Å². The van der Waals surface area contributed by atoms with Crippen molar-refractivity contribution in [3.8, 4) is 0 Å². The summed E-state index contributed by atoms with van der Waals surface area (Å²) in [6.45, 7) is 2.13. The van der Waals surface area contributed by atoms with Crippen LogP contribution in [0.2, 0.25) is 0 Å². The summed E-state index contributed by atoms with van der Waals surface area (Å²) < 4.78 is 30.5. The van der Waals surface area contributed by atoms with Gasteiger partial charge in [-0.05, 0) is 6.42 Å². The Morgan fingerprint density at radius 1 is 1.00 bits per heavy atom. The van der Waals surface area contributed by atoms with Crippen LogP contribution in [0.1, 0.15) is 45.4 Å². The van der Waals surface area contributed by atoms with Crippen LogP contribution in [-0.2, 0) is 10.1 Å². The van der Waals surface area contributed by atoms with Gasteiger partial charge in [-0.1, -0.05) is 39.0 Å². The van der Waals surface area contributed by atoms with Crippen molar-refractivity contribution in [2.45, 2.75) is 45.4 Å². The number of unbranched alkanes of at least 4 members (excludes halogenated alkanes) is 5. The molecule has 0 saturated heterocycles. The Morgan fingerprint density at radius 2 is 1.46 bits per heavy atom. The van der Waals surface area contributed by atoms with Crippen LogP contribution in [0.5, 0.6) is 0 Å². The first kappa shape index (κ1) is 17.1. The maximum Gasteiger partial charge on any atom is 1.00 e. The summed E-state index contributed by atoms with van der Waals surface area (Å²) >= 11 is 0. The van der Waals surface area contributed by atoms with Crippen molar-refractivity contribution in [2.24, 2.45) is 0 Å². The van der Waals surface area contributed by atoms with Gasteiger partial charge < -0.3 is 4.55 Å². The van der Waals surface area contributed by atoms with E-state index in [-0.39, 0.29) is 63.9 Å². The van der Waals surface area contributed by atoms with Gasteiger partial charge in [-0.2, -0.15) is 0 Å². The van der Waals surface area contributed by atoms with Crippen LogP contribution >= 0.6 is 0 Å². The van der Waals surface area contributed by atoms with Crippen LogP contribution < -0.4 is 58.2 Å². The molecular formula is C8H17O3RbS. The third-order valence-corrected chi connectivity index (χ3v) is 2.54. The van der Waals surface area contributed by atoms with Gasteiger partial charge in [-0.25, -0.2) is 8.42 Å². The first-order chi connectivity index (χ1) is 5.56. The molecule has 0 aromatic carbocycles. The van der Waals surface area contributed by atoms with E-state index in [9.17, 15) is 13.0 Å². The molecule has 0 atom stereocenters. The first-order valence-corrected chi connectivity index (χ1v) is 6.07. The van der Waals surface area contributed by atoms with Gasteiger partial charge in [0.25, 0.3) is 0 Å². The Labute approximate surface area is 130 Å². The smallest absolute Gasteiger partial charge is 0.748 e. The zero-order chi connectivity index (χ0) is 9.45. The van der Waals surface area contributed by atoms with Crippen LogP contribution in [0.4, 0.5) is 0 Å². The number of hydrogen-bond donors (Lipinski definition) is 0. The second-order valence-electron chi connectivity index (χ2n) is 3.03. The van der Waals surface area contributed by atoms with E-state index in [0.29, 0.717) is 6.42 Å². The van der Waals surface area contributed by atoms with E-state index >= 15 is 0 Å². The predicted octanol–water partition coefficient (Wildman–Crippen LogP) is -1.10. The minimum Gasteiger partial charge on any atom is -0.748 e. The fourth-order valence-corrected chi connectivity index (χ4v) is 1.62. The average Bonchev–Trinajstić information content (AvgIpc) is 1.94. The molecule has 0 saturated carbocycles. The standard InChI is InChI=1S/C8H18O3S.Rb/c1-2-3-4-5-6-7-8-12(9,10)11;/h2-8H2,1H3,(H,9,10,11);/q;+1/p-1. The maximum absolute atomic E-state index is 10.2. The molecule has 13 heavy (non-hydrogen) atoms. The normalized spacial score (nSPS) is 10.9. The van der Waals surface area contributed by atoms with Gasteiger partial charge in [0, 0.05) is 5.75 Å². The van der Waals surface area contributed by atoms with Crippen LogP contribution in [0.15, 0.2) is 0 Å². The van der Waals surface area contributed by atoms with E-state index in [1.165, 1.54) is 12.8 Å². The molecule has 0 spiro atoms. The monoisotopic (exact) mass is 278 g/mol. The summed E-state index contributed by atoms with van der Waals surface area (Å²) in [6, 6.07) is 0. The molecule has 0 aliphatic rings. The molecular weight excluding hydrogens is 262 g/mol. The quantitative estimate of drug-likeness (QED) is 0.439. The van der Waals surface area contributed by atoms with Gasteiger partial charge in [0.1, 0.15) is 0 Å². The van der Waals surface area contributed by atoms with Crippen molar-refractivity contribution in [1.29, 1.82) is 0 Å². The Kier molecular flexibility index (Phi) is 13.5. The summed E-state index contributed by atoms with van der Waals surface area (Å²) in [5, 5.41) is 0. The largest absolute Gasteiger partial charge is 1.00 e. The van der Waals surface area contributed by atoms with E-state index in [1.54, 1.807) is 0 Å². The molecule has 0 aromatic heterocycles. The van der Waals surface area contributed by atoms with E-state index < -0.39 is 10.1 Å². The molecule has 0 fully saturated rings. The summed E-state index contributed by atoms with van der Waals surface area (Å²) in [6.07, 6.45) is 5.96. The molecule has 0 N–H and O–H groups in total. The molecule has 74 valence electrons. The number of rotatable bonds is 7. The van der Waals surface area contributed by atoms with Crippen molar-refractivity contribution in [2.75, 3.05) is 5.75 Å². The summed E-state index contributed by atoms with van der Waals surface area (Å²) in [4.78, 5) is 0. The van der Waals surface area contributed by atoms with Crippen LogP contribution in [0.25, 0.3) is 0 Å². The SMILES string of the molecule is CCCCCCCCS(=O)(=O)[O-].[Rb+]. The third-order valence-electron chi connectivity index (χ3n) is 1.75. The van der Waals surface area contributed by atoms with Gasteiger partial charge in [0.2, 0.25) is 0 Å². The molecule has 0 aliphatic carbocycles.